The summed E-state index contributed by atoms with van der Waals surface area (Å²) in [6.45, 7) is 8.18. The molecule has 7 heteroatoms. The van der Waals surface area contributed by atoms with Crippen LogP contribution in [0.25, 0.3) is 0 Å². The molecule has 3 N–H and O–H groups in total. The van der Waals surface area contributed by atoms with E-state index in [1.165, 1.54) is 12.1 Å². The van der Waals surface area contributed by atoms with Crippen LogP contribution in [0.5, 0.6) is 0 Å². The molecule has 120 valence electrons. The molecule has 0 aromatic heterocycles. The van der Waals surface area contributed by atoms with Crippen LogP contribution in [-0.4, -0.2) is 24.1 Å². The second kappa shape index (κ2) is 6.36. The molecule has 1 atom stereocenters. The number of rotatable bonds is 4. The van der Waals surface area contributed by atoms with Gasteiger partial charge in [-0.25, -0.2) is 9.82 Å². The number of carbonyl (C=O) groups is 1. The van der Waals surface area contributed by atoms with Gasteiger partial charge in [0.2, 0.25) is 0 Å². The van der Waals surface area contributed by atoms with Gasteiger partial charge in [-0.05, 0) is 23.4 Å². The smallest absolute Gasteiger partial charge is 0.423 e. The highest BCUT2D eigenvalue weighted by atomic mass is 19.1. The quantitative estimate of drug-likeness (QED) is 0.575. The second-order valence-corrected chi connectivity index (χ2v) is 6.58. The molecule has 1 aliphatic heterocycles. The Balaban J connectivity index is 2.11. The van der Waals surface area contributed by atoms with E-state index < -0.39 is 18.8 Å². The number of hydrazine groups is 1. The minimum absolute atomic E-state index is 0.0313. The minimum Gasteiger partial charge on any atom is -0.423 e. The molecule has 1 unspecified atom stereocenters. The van der Waals surface area contributed by atoms with Crippen LogP contribution in [0.2, 0.25) is 0 Å². The molecule has 22 heavy (non-hydrogen) atoms. The van der Waals surface area contributed by atoms with Gasteiger partial charge in [0.25, 0.3) is 5.91 Å². The number of carbonyl (C=O) groups excluding carboxylic acids is 1. The Morgan fingerprint density at radius 1 is 1.50 bits per heavy atom. The van der Waals surface area contributed by atoms with Crippen molar-refractivity contribution in [3.05, 3.63) is 29.1 Å². The lowest BCUT2D eigenvalue weighted by atomic mass is 9.79. The first-order valence-corrected chi connectivity index (χ1v) is 7.42. The van der Waals surface area contributed by atoms with Gasteiger partial charge in [-0.3, -0.25) is 10.2 Å². The van der Waals surface area contributed by atoms with Gasteiger partial charge in [0.05, 0.1) is 12.2 Å². The van der Waals surface area contributed by atoms with Crippen LogP contribution in [0.1, 0.15) is 50.0 Å². The summed E-state index contributed by atoms with van der Waals surface area (Å²) in [5.74, 6) is -1.18. The van der Waals surface area contributed by atoms with Gasteiger partial charge in [-0.1, -0.05) is 33.8 Å². The Labute approximate surface area is 130 Å². The molecule has 5 nitrogen and oxygen atoms in total. The summed E-state index contributed by atoms with van der Waals surface area (Å²) in [5.41, 5.74) is 6.06. The van der Waals surface area contributed by atoms with Gasteiger partial charge in [-0.2, -0.15) is 0 Å². The molecular formula is C15H22BFN2O3. The van der Waals surface area contributed by atoms with E-state index in [2.05, 4.69) is 31.6 Å². The fraction of sp³-hybridized carbons (Fsp3) is 0.533. The molecule has 1 aromatic rings. The van der Waals surface area contributed by atoms with E-state index in [1.807, 2.05) is 6.92 Å². The van der Waals surface area contributed by atoms with Crippen molar-refractivity contribution in [2.45, 2.75) is 46.8 Å². The standard InChI is InChI=1S/C15H22BFN2O3/c1-5-12(15(2,3)4)18-19-14(20)9-6-7-11-10(13(9)17)8-22-16(11)21/h6-7,12,18,21H,5,8H2,1-4H3,(H,19,20). The lowest BCUT2D eigenvalue weighted by Gasteiger charge is -2.30. The van der Waals surface area contributed by atoms with Crippen molar-refractivity contribution in [3.63, 3.8) is 0 Å². The second-order valence-electron chi connectivity index (χ2n) is 6.58. The predicted octanol–water partition coefficient (Wildman–Crippen LogP) is 1.10. The van der Waals surface area contributed by atoms with Gasteiger partial charge in [-0.15, -0.1) is 0 Å². The van der Waals surface area contributed by atoms with Crippen LogP contribution in [0.15, 0.2) is 12.1 Å². The Hall–Kier alpha value is -1.44. The first-order valence-electron chi connectivity index (χ1n) is 7.42. The highest BCUT2D eigenvalue weighted by molar-refractivity contribution is 6.61. The van der Waals surface area contributed by atoms with Crippen molar-refractivity contribution in [2.24, 2.45) is 5.41 Å². The third kappa shape index (κ3) is 3.32. The monoisotopic (exact) mass is 308 g/mol. The van der Waals surface area contributed by atoms with E-state index in [4.69, 9.17) is 4.65 Å². The van der Waals surface area contributed by atoms with Crippen LogP contribution < -0.4 is 16.3 Å². The van der Waals surface area contributed by atoms with Crippen molar-refractivity contribution in [2.75, 3.05) is 0 Å². The van der Waals surface area contributed by atoms with E-state index in [0.29, 0.717) is 5.46 Å². The van der Waals surface area contributed by atoms with Crippen LogP contribution >= 0.6 is 0 Å². The average molecular weight is 308 g/mol. The van der Waals surface area contributed by atoms with E-state index in [0.717, 1.165) is 6.42 Å². The molecule has 1 heterocycles. The van der Waals surface area contributed by atoms with Crippen molar-refractivity contribution in [1.29, 1.82) is 0 Å². The van der Waals surface area contributed by atoms with Crippen LogP contribution in [0, 0.1) is 11.2 Å². The zero-order valence-electron chi connectivity index (χ0n) is 13.4. The van der Waals surface area contributed by atoms with Crippen molar-refractivity contribution in [1.82, 2.24) is 10.9 Å². The van der Waals surface area contributed by atoms with Gasteiger partial charge in [0, 0.05) is 11.6 Å². The van der Waals surface area contributed by atoms with Gasteiger partial charge in [0.1, 0.15) is 5.82 Å². The third-order valence-electron chi connectivity index (χ3n) is 3.99. The van der Waals surface area contributed by atoms with Gasteiger partial charge >= 0.3 is 7.12 Å². The minimum atomic E-state index is -1.12. The highest BCUT2D eigenvalue weighted by Crippen LogP contribution is 2.21. The van der Waals surface area contributed by atoms with Gasteiger partial charge < -0.3 is 9.68 Å². The summed E-state index contributed by atoms with van der Waals surface area (Å²) in [7, 11) is -1.12. The molecule has 0 radical (unpaired) electrons. The largest absolute Gasteiger partial charge is 0.491 e. The summed E-state index contributed by atoms with van der Waals surface area (Å²) in [4.78, 5) is 12.2. The molecule has 2 rings (SSSR count). The number of hydrogen-bond acceptors (Lipinski definition) is 4. The molecule has 0 saturated heterocycles. The first kappa shape index (κ1) is 16.9. The fourth-order valence-corrected chi connectivity index (χ4v) is 2.59. The molecule has 0 bridgehead atoms. The van der Waals surface area contributed by atoms with Crippen molar-refractivity contribution >= 4 is 18.5 Å². The summed E-state index contributed by atoms with van der Waals surface area (Å²) in [6.07, 6.45) is 0.830. The number of hydrogen-bond donors (Lipinski definition) is 3. The summed E-state index contributed by atoms with van der Waals surface area (Å²) >= 11 is 0. The van der Waals surface area contributed by atoms with Crippen LogP contribution in [0.3, 0.4) is 0 Å². The van der Waals surface area contributed by atoms with Crippen molar-refractivity contribution < 1.29 is 18.9 Å². The van der Waals surface area contributed by atoms with E-state index in [-0.39, 0.29) is 29.2 Å². The zero-order valence-corrected chi connectivity index (χ0v) is 13.4. The molecule has 0 aliphatic carbocycles. The maximum absolute atomic E-state index is 14.4. The van der Waals surface area contributed by atoms with Crippen molar-refractivity contribution in [3.8, 4) is 0 Å². The number of halogens is 1. The topological polar surface area (TPSA) is 70.6 Å². The Bertz CT molecular complexity index is 575. The maximum atomic E-state index is 14.4. The summed E-state index contributed by atoms with van der Waals surface area (Å²) in [6, 6.07) is 2.95. The maximum Gasteiger partial charge on any atom is 0.491 e. The molecule has 1 aromatic carbocycles. The zero-order chi connectivity index (χ0) is 16.5. The van der Waals surface area contributed by atoms with Gasteiger partial charge in [0.15, 0.2) is 0 Å². The first-order chi connectivity index (χ1) is 10.3. The third-order valence-corrected chi connectivity index (χ3v) is 3.99. The van der Waals surface area contributed by atoms with E-state index in [9.17, 15) is 14.2 Å². The average Bonchev–Trinajstić information content (AvgIpc) is 2.81. The van der Waals surface area contributed by atoms with Crippen LogP contribution in [0.4, 0.5) is 4.39 Å². The number of nitrogens with one attached hydrogen (secondary N) is 2. The SMILES string of the molecule is CCC(NNC(=O)c1ccc2c(c1F)COB2O)C(C)(C)C. The molecule has 1 aliphatic rings. The molecule has 1 amide bonds. The Morgan fingerprint density at radius 2 is 2.18 bits per heavy atom. The fourth-order valence-electron chi connectivity index (χ4n) is 2.59. The summed E-state index contributed by atoms with van der Waals surface area (Å²) < 4.78 is 19.3. The lowest BCUT2D eigenvalue weighted by Crippen LogP contribution is -2.50. The van der Waals surface area contributed by atoms with E-state index in [1.54, 1.807) is 0 Å². The normalized spacial score (nSPS) is 15.6. The predicted molar refractivity (Wildman–Crippen MR) is 82.9 cm³/mol. The number of amides is 1. The lowest BCUT2D eigenvalue weighted by molar-refractivity contribution is 0.0901. The number of fused-ring (bicyclic) bond motifs is 1. The highest BCUT2D eigenvalue weighted by Gasteiger charge is 2.32. The Morgan fingerprint density at radius 3 is 2.77 bits per heavy atom. The molecule has 0 spiro atoms. The Kier molecular flexibility index (Phi) is 4.89. The summed E-state index contributed by atoms with van der Waals surface area (Å²) in [5, 5.41) is 9.53. The van der Waals surface area contributed by atoms with Crippen LogP contribution in [-0.2, 0) is 11.3 Å². The van der Waals surface area contributed by atoms with E-state index >= 15 is 0 Å². The number of benzene rings is 1. The molecular weight excluding hydrogens is 286 g/mol. The molecule has 0 saturated carbocycles. The molecule has 0 fully saturated rings.